The Balaban J connectivity index is 1.89. The van der Waals surface area contributed by atoms with E-state index in [1.54, 1.807) is 6.92 Å². The van der Waals surface area contributed by atoms with Crippen molar-refractivity contribution < 1.29 is 34.1 Å². The van der Waals surface area contributed by atoms with E-state index in [9.17, 15) is 24.6 Å². The molecule has 1 unspecified atom stereocenters. The Labute approximate surface area is 167 Å². The number of ether oxygens (including phenoxy) is 2. The summed E-state index contributed by atoms with van der Waals surface area (Å²) in [7, 11) is 0. The lowest BCUT2D eigenvalue weighted by Gasteiger charge is -2.13. The molecule has 0 amide bonds. The summed E-state index contributed by atoms with van der Waals surface area (Å²) >= 11 is 0. The molecule has 0 saturated carbocycles. The van der Waals surface area contributed by atoms with Crippen molar-refractivity contribution >= 4 is 17.7 Å². The molecule has 2 aromatic carbocycles. The van der Waals surface area contributed by atoms with Gasteiger partial charge in [-0.15, -0.1) is 0 Å². The highest BCUT2D eigenvalue weighted by molar-refractivity contribution is 6.17. The molecule has 0 bridgehead atoms. The maximum Gasteiger partial charge on any atom is 0.339 e. The van der Waals surface area contributed by atoms with Crippen molar-refractivity contribution in [3.63, 3.8) is 0 Å². The van der Waals surface area contributed by atoms with Crippen LogP contribution in [0.15, 0.2) is 36.4 Å². The van der Waals surface area contributed by atoms with Gasteiger partial charge in [0.2, 0.25) is 5.78 Å². The highest BCUT2D eigenvalue weighted by atomic mass is 16.5. The summed E-state index contributed by atoms with van der Waals surface area (Å²) in [5.41, 5.74) is -0.480. The molecule has 0 aromatic heterocycles. The molecule has 0 aliphatic carbocycles. The van der Waals surface area contributed by atoms with Gasteiger partial charge in [-0.2, -0.15) is 0 Å². The van der Waals surface area contributed by atoms with Crippen LogP contribution in [0.3, 0.4) is 0 Å². The molecule has 1 saturated heterocycles. The first-order valence-corrected chi connectivity index (χ1v) is 9.20. The Kier molecular flexibility index (Phi) is 6.13. The SMILES string of the molecule is CCOC(=O)c1cccc(O)c1C(=O)c1ccc(C(=O)OC2CCNC2)cc1O. The van der Waals surface area contributed by atoms with Gasteiger partial charge in [-0.25, -0.2) is 9.59 Å². The Morgan fingerprint density at radius 3 is 2.52 bits per heavy atom. The van der Waals surface area contributed by atoms with E-state index in [-0.39, 0.29) is 35.0 Å². The molecule has 29 heavy (non-hydrogen) atoms. The summed E-state index contributed by atoms with van der Waals surface area (Å²) in [5.74, 6) is -3.04. The van der Waals surface area contributed by atoms with E-state index in [0.717, 1.165) is 12.6 Å². The quantitative estimate of drug-likeness (QED) is 0.498. The standard InChI is InChI=1S/C21H21NO7/c1-2-28-21(27)15-4-3-5-16(23)18(15)19(25)14-7-6-12(10-17(14)24)20(26)29-13-8-9-22-11-13/h3-7,10,13,22-24H,2,8-9,11H2,1H3. The smallest absolute Gasteiger partial charge is 0.339 e. The van der Waals surface area contributed by atoms with Crippen molar-refractivity contribution in [3.8, 4) is 11.5 Å². The van der Waals surface area contributed by atoms with Crippen LogP contribution in [0.1, 0.15) is 50.0 Å². The number of phenols is 2. The topological polar surface area (TPSA) is 122 Å². The van der Waals surface area contributed by atoms with Crippen LogP contribution < -0.4 is 5.32 Å². The minimum absolute atomic E-state index is 0.0915. The van der Waals surface area contributed by atoms with Gasteiger partial charge in [0.1, 0.15) is 17.6 Å². The Morgan fingerprint density at radius 1 is 1.07 bits per heavy atom. The van der Waals surface area contributed by atoms with Crippen LogP contribution >= 0.6 is 0 Å². The van der Waals surface area contributed by atoms with Gasteiger partial charge in [-0.05, 0) is 50.2 Å². The number of hydrogen-bond donors (Lipinski definition) is 3. The Hall–Kier alpha value is -3.39. The van der Waals surface area contributed by atoms with Crippen molar-refractivity contribution in [2.45, 2.75) is 19.4 Å². The normalized spacial score (nSPS) is 15.7. The van der Waals surface area contributed by atoms with Crippen LogP contribution in [0.5, 0.6) is 11.5 Å². The highest BCUT2D eigenvalue weighted by Crippen LogP contribution is 2.29. The van der Waals surface area contributed by atoms with E-state index in [2.05, 4.69) is 5.32 Å². The van der Waals surface area contributed by atoms with Gasteiger partial charge in [-0.3, -0.25) is 4.79 Å². The summed E-state index contributed by atoms with van der Waals surface area (Å²) in [5, 5.41) is 23.5. The van der Waals surface area contributed by atoms with E-state index in [0.29, 0.717) is 13.0 Å². The number of benzene rings is 2. The summed E-state index contributed by atoms with van der Waals surface area (Å²) < 4.78 is 10.3. The van der Waals surface area contributed by atoms with Crippen molar-refractivity contribution in [1.29, 1.82) is 0 Å². The number of hydrogen-bond acceptors (Lipinski definition) is 8. The first kappa shape index (κ1) is 20.3. The molecule has 152 valence electrons. The van der Waals surface area contributed by atoms with Crippen LogP contribution in [0, 0.1) is 0 Å². The summed E-state index contributed by atoms with van der Waals surface area (Å²) in [6.07, 6.45) is 0.470. The second kappa shape index (κ2) is 8.74. The number of aromatic hydroxyl groups is 2. The minimum Gasteiger partial charge on any atom is -0.507 e. The van der Waals surface area contributed by atoms with E-state index < -0.39 is 29.2 Å². The predicted molar refractivity (Wildman–Crippen MR) is 102 cm³/mol. The molecule has 0 spiro atoms. The number of ketones is 1. The number of rotatable bonds is 6. The molecular formula is C21H21NO7. The van der Waals surface area contributed by atoms with Gasteiger partial charge in [-0.1, -0.05) is 6.07 Å². The predicted octanol–water partition coefficient (Wildman–Crippen LogP) is 2.02. The maximum absolute atomic E-state index is 12.9. The lowest BCUT2D eigenvalue weighted by Crippen LogP contribution is -2.21. The lowest BCUT2D eigenvalue weighted by atomic mass is 9.96. The minimum atomic E-state index is -0.774. The van der Waals surface area contributed by atoms with Crippen molar-refractivity contribution in [1.82, 2.24) is 5.32 Å². The number of nitrogens with one attached hydrogen (secondary N) is 1. The fourth-order valence-corrected chi connectivity index (χ4v) is 3.09. The molecular weight excluding hydrogens is 378 g/mol. The number of carbonyl (C=O) groups is 3. The van der Waals surface area contributed by atoms with Crippen molar-refractivity contribution in [2.24, 2.45) is 0 Å². The second-order valence-electron chi connectivity index (χ2n) is 6.50. The molecule has 8 heteroatoms. The van der Waals surface area contributed by atoms with E-state index in [1.807, 2.05) is 0 Å². The van der Waals surface area contributed by atoms with Crippen molar-refractivity contribution in [2.75, 3.05) is 19.7 Å². The number of carbonyl (C=O) groups excluding carboxylic acids is 3. The van der Waals surface area contributed by atoms with Gasteiger partial charge < -0.3 is 25.0 Å². The summed E-state index contributed by atoms with van der Waals surface area (Å²) in [6.45, 7) is 3.05. The zero-order valence-corrected chi connectivity index (χ0v) is 15.8. The number of phenolic OH excluding ortho intramolecular Hbond substituents is 2. The molecule has 1 atom stereocenters. The molecule has 3 N–H and O–H groups in total. The zero-order chi connectivity index (χ0) is 21.0. The summed E-state index contributed by atoms with van der Waals surface area (Å²) in [6, 6.07) is 7.75. The molecule has 1 aliphatic rings. The molecule has 8 nitrogen and oxygen atoms in total. The van der Waals surface area contributed by atoms with Crippen LogP contribution in [-0.4, -0.2) is 53.7 Å². The molecule has 1 heterocycles. The Bertz CT molecular complexity index is 948. The van der Waals surface area contributed by atoms with Gasteiger partial charge in [0.25, 0.3) is 0 Å². The average Bonchev–Trinajstić information content (AvgIpc) is 3.20. The molecule has 2 aromatic rings. The maximum atomic E-state index is 12.9. The van der Waals surface area contributed by atoms with Crippen LogP contribution in [0.25, 0.3) is 0 Å². The second-order valence-corrected chi connectivity index (χ2v) is 6.50. The fraction of sp³-hybridized carbons (Fsp3) is 0.286. The van der Waals surface area contributed by atoms with E-state index in [1.165, 1.54) is 30.3 Å². The van der Waals surface area contributed by atoms with E-state index >= 15 is 0 Å². The molecule has 1 fully saturated rings. The highest BCUT2D eigenvalue weighted by Gasteiger charge is 2.26. The Morgan fingerprint density at radius 2 is 1.86 bits per heavy atom. The first-order valence-electron chi connectivity index (χ1n) is 9.20. The van der Waals surface area contributed by atoms with Gasteiger partial charge in [0.05, 0.1) is 28.9 Å². The van der Waals surface area contributed by atoms with Crippen LogP contribution in [-0.2, 0) is 9.47 Å². The number of esters is 2. The van der Waals surface area contributed by atoms with E-state index in [4.69, 9.17) is 9.47 Å². The molecule has 1 aliphatic heterocycles. The monoisotopic (exact) mass is 399 g/mol. The third-order valence-corrected chi connectivity index (χ3v) is 4.53. The average molecular weight is 399 g/mol. The van der Waals surface area contributed by atoms with Crippen molar-refractivity contribution in [3.05, 3.63) is 58.7 Å². The first-order chi connectivity index (χ1) is 13.9. The summed E-state index contributed by atoms with van der Waals surface area (Å²) in [4.78, 5) is 37.3. The third kappa shape index (κ3) is 4.38. The third-order valence-electron chi connectivity index (χ3n) is 4.53. The van der Waals surface area contributed by atoms with Crippen LogP contribution in [0.2, 0.25) is 0 Å². The lowest BCUT2D eigenvalue weighted by molar-refractivity contribution is 0.0343. The van der Waals surface area contributed by atoms with Gasteiger partial charge in [0, 0.05) is 6.54 Å². The molecule has 0 radical (unpaired) electrons. The van der Waals surface area contributed by atoms with Gasteiger partial charge in [0.15, 0.2) is 0 Å². The largest absolute Gasteiger partial charge is 0.507 e. The van der Waals surface area contributed by atoms with Gasteiger partial charge >= 0.3 is 11.9 Å². The van der Waals surface area contributed by atoms with Crippen LogP contribution in [0.4, 0.5) is 0 Å². The zero-order valence-electron chi connectivity index (χ0n) is 15.8. The fourth-order valence-electron chi connectivity index (χ4n) is 3.09. The molecule has 3 rings (SSSR count).